The molecule has 14 heteroatoms. The molecule has 0 aliphatic heterocycles. The molecule has 214 valence electrons. The van der Waals surface area contributed by atoms with Crippen molar-refractivity contribution < 1.29 is 40.0 Å². The molecule has 42 heavy (non-hydrogen) atoms. The van der Waals surface area contributed by atoms with Crippen LogP contribution in [0.25, 0.3) is 21.5 Å². The summed E-state index contributed by atoms with van der Waals surface area (Å²) < 4.78 is 4.60. The maximum atomic E-state index is 11.0. The van der Waals surface area contributed by atoms with Gasteiger partial charge in [-0.15, -0.1) is 19.7 Å². The first kappa shape index (κ1) is 29.0. The van der Waals surface area contributed by atoms with Crippen molar-refractivity contribution in [1.29, 1.82) is 0 Å². The van der Waals surface area contributed by atoms with Crippen molar-refractivity contribution in [2.45, 2.75) is 18.1 Å². The Morgan fingerprint density at radius 2 is 1.33 bits per heavy atom. The first-order valence-corrected chi connectivity index (χ1v) is 13.0. The summed E-state index contributed by atoms with van der Waals surface area (Å²) in [5, 5.41) is 61.1. The zero-order valence-corrected chi connectivity index (χ0v) is 22.4. The Hall–Kier alpha value is -4.51. The third-order valence-electron chi connectivity index (χ3n) is 6.14. The van der Waals surface area contributed by atoms with Gasteiger partial charge in [-0.05, 0) is 59.0 Å². The molecule has 0 aliphatic carbocycles. The normalized spacial score (nSPS) is 11.9. The van der Waals surface area contributed by atoms with Crippen LogP contribution in [0.15, 0.2) is 104 Å². The summed E-state index contributed by atoms with van der Waals surface area (Å²) in [7, 11) is 0. The summed E-state index contributed by atoms with van der Waals surface area (Å²) in [5.74, 6) is -0.179. The highest BCUT2D eigenvalue weighted by molar-refractivity contribution is 7.94. The van der Waals surface area contributed by atoms with Gasteiger partial charge in [0, 0.05) is 21.8 Å². The number of aromatic hydroxyl groups is 1. The van der Waals surface area contributed by atoms with Crippen LogP contribution in [0.5, 0.6) is 5.75 Å². The summed E-state index contributed by atoms with van der Waals surface area (Å²) >= 11 is 0.646. The third kappa shape index (κ3) is 6.52. The fraction of sp³-hybridized carbons (Fsp3) is 0.0714. The molecule has 0 saturated heterocycles. The van der Waals surface area contributed by atoms with Crippen molar-refractivity contribution in [2.24, 2.45) is 20.5 Å². The summed E-state index contributed by atoms with van der Waals surface area (Å²) in [4.78, 5) is 8.78. The Bertz CT molecular complexity index is 1780. The number of hydrogen-bond donors (Lipinski definition) is 5. The van der Waals surface area contributed by atoms with E-state index in [1.54, 1.807) is 54.6 Å². The molecule has 13 nitrogen and oxygen atoms in total. The van der Waals surface area contributed by atoms with Crippen LogP contribution in [0.4, 0.5) is 28.4 Å². The minimum atomic E-state index is -0.179. The first-order chi connectivity index (χ1) is 20.5. The van der Waals surface area contributed by atoms with E-state index in [1.807, 2.05) is 24.3 Å². The minimum absolute atomic E-state index is 0.0794. The van der Waals surface area contributed by atoms with Gasteiger partial charge in [-0.25, -0.2) is 15.0 Å². The predicted molar refractivity (Wildman–Crippen MR) is 154 cm³/mol. The zero-order valence-electron chi connectivity index (χ0n) is 21.6. The number of rotatable bonds is 11. The van der Waals surface area contributed by atoms with Gasteiger partial charge in [0.1, 0.15) is 18.9 Å². The highest BCUT2D eigenvalue weighted by Gasteiger charge is 2.16. The molecule has 0 aliphatic rings. The van der Waals surface area contributed by atoms with Gasteiger partial charge in [-0.3, -0.25) is 10.5 Å². The monoisotopic (exact) mass is 589 g/mol. The first-order valence-electron chi connectivity index (χ1n) is 12.2. The summed E-state index contributed by atoms with van der Waals surface area (Å²) in [6, 6.07) is 22.6. The second kappa shape index (κ2) is 13.4. The number of fused-ring (bicyclic) bond motifs is 2. The van der Waals surface area contributed by atoms with Crippen LogP contribution in [-0.2, 0) is 32.4 Å². The van der Waals surface area contributed by atoms with E-state index in [4.69, 9.17) is 21.5 Å². The van der Waals surface area contributed by atoms with Crippen LogP contribution in [0.3, 0.4) is 0 Å². The van der Waals surface area contributed by atoms with Gasteiger partial charge >= 0.3 is 0 Å². The topological polar surface area (TPSA) is 193 Å². The lowest BCUT2D eigenvalue weighted by atomic mass is 10.1. The summed E-state index contributed by atoms with van der Waals surface area (Å²) in [6.45, 7) is -0.159. The molecule has 0 saturated carbocycles. The van der Waals surface area contributed by atoms with Crippen molar-refractivity contribution in [2.75, 3.05) is 5.73 Å². The molecule has 0 atom stereocenters. The van der Waals surface area contributed by atoms with E-state index in [0.717, 1.165) is 5.39 Å². The third-order valence-corrected chi connectivity index (χ3v) is 6.76. The van der Waals surface area contributed by atoms with Gasteiger partial charge in [0.25, 0.3) is 0 Å². The number of nitrogen functional groups attached to an aromatic ring is 1. The number of nitrogens with zero attached hydrogens (tertiary/aromatic N) is 4. The van der Waals surface area contributed by atoms with Gasteiger partial charge < -0.3 is 10.8 Å². The van der Waals surface area contributed by atoms with Gasteiger partial charge in [0.05, 0.1) is 34.0 Å². The average Bonchev–Trinajstić information content (AvgIpc) is 2.99. The average molecular weight is 590 g/mol. The Kier molecular flexibility index (Phi) is 9.28. The van der Waals surface area contributed by atoms with Gasteiger partial charge in [-0.2, -0.15) is 5.11 Å². The van der Waals surface area contributed by atoms with Crippen LogP contribution in [0.1, 0.15) is 11.1 Å². The summed E-state index contributed by atoms with van der Waals surface area (Å²) in [5.41, 5.74) is 9.14. The van der Waals surface area contributed by atoms with E-state index in [9.17, 15) is 5.11 Å². The maximum absolute atomic E-state index is 11.0. The number of hydrogen-bond acceptors (Lipinski definition) is 14. The molecule has 5 aromatic rings. The van der Waals surface area contributed by atoms with Crippen molar-refractivity contribution in [3.8, 4) is 5.75 Å². The minimum Gasteiger partial charge on any atom is -0.505 e. The second-order valence-corrected chi connectivity index (χ2v) is 9.62. The van der Waals surface area contributed by atoms with E-state index in [-0.39, 0.29) is 24.7 Å². The highest BCUT2D eigenvalue weighted by Crippen LogP contribution is 2.45. The fourth-order valence-electron chi connectivity index (χ4n) is 4.34. The molecule has 0 heterocycles. The SMILES string of the molecule is Nc1ccc2cc(SOOO)c(N=Nc3ccc(N=Nc4cc(COO)cc(COO)c4)c4ccccc34)c(O)c2c1. The zero-order chi connectivity index (χ0) is 29.5. The molecule has 0 unspecified atom stereocenters. The second-order valence-electron chi connectivity index (χ2n) is 8.88. The molecule has 0 bridgehead atoms. The van der Waals surface area contributed by atoms with Crippen LogP contribution in [0.2, 0.25) is 0 Å². The maximum Gasteiger partial charge on any atom is 0.152 e. The highest BCUT2D eigenvalue weighted by atomic mass is 32.2. The number of benzene rings is 5. The van der Waals surface area contributed by atoms with E-state index >= 15 is 0 Å². The lowest BCUT2D eigenvalue weighted by Crippen LogP contribution is -1.93. The van der Waals surface area contributed by atoms with Crippen molar-refractivity contribution >= 4 is 62.0 Å². The number of nitrogens with two attached hydrogens (primary N) is 1. The Balaban J connectivity index is 1.53. The quantitative estimate of drug-likeness (QED) is 0.0327. The van der Waals surface area contributed by atoms with Crippen molar-refractivity contribution in [3.05, 3.63) is 90.0 Å². The standard InChI is InChI=1S/C28H23N5O8S/c29-19-6-5-18-12-26(42-41-40-37)27(28(34)23(18)13-19)33-32-25-8-7-24(21-3-1-2-4-22(21)25)31-30-20-10-16(14-38-35)9-17(11-20)15-39-36/h1-13,34-37H,14-15,29H2. The van der Waals surface area contributed by atoms with Crippen molar-refractivity contribution in [3.63, 3.8) is 0 Å². The lowest BCUT2D eigenvalue weighted by Gasteiger charge is -2.10. The number of phenols is 1. The Morgan fingerprint density at radius 1 is 0.690 bits per heavy atom. The fourth-order valence-corrected chi connectivity index (χ4v) is 4.84. The van der Waals surface area contributed by atoms with Gasteiger partial charge in [0.2, 0.25) is 0 Å². The largest absolute Gasteiger partial charge is 0.505 e. The number of phenolic OH excluding ortho intramolecular Hbond substituents is 1. The molecule has 0 amide bonds. The predicted octanol–water partition coefficient (Wildman–Crippen LogP) is 8.52. The van der Waals surface area contributed by atoms with Crippen LogP contribution < -0.4 is 5.73 Å². The van der Waals surface area contributed by atoms with Gasteiger partial charge in [-0.1, -0.05) is 41.4 Å². The molecule has 0 spiro atoms. The van der Waals surface area contributed by atoms with Crippen molar-refractivity contribution in [1.82, 2.24) is 0 Å². The Labute approximate surface area is 242 Å². The number of azo groups is 2. The van der Waals surface area contributed by atoms with Crippen LogP contribution >= 0.6 is 12.0 Å². The van der Waals surface area contributed by atoms with E-state index in [2.05, 4.69) is 39.6 Å². The molecule has 0 aromatic heterocycles. The molecular formula is C28H23N5O8S. The van der Waals surface area contributed by atoms with E-state index < -0.39 is 0 Å². The molecule has 0 radical (unpaired) electrons. The summed E-state index contributed by atoms with van der Waals surface area (Å²) in [6.07, 6.45) is 0. The number of anilines is 1. The van der Waals surface area contributed by atoms with Crippen LogP contribution in [0, 0.1) is 0 Å². The molecular weight excluding hydrogens is 566 g/mol. The smallest absolute Gasteiger partial charge is 0.152 e. The van der Waals surface area contributed by atoms with Gasteiger partial charge in [0.15, 0.2) is 5.75 Å². The molecule has 6 N–H and O–H groups in total. The Morgan fingerprint density at radius 3 is 1.95 bits per heavy atom. The molecule has 5 rings (SSSR count). The molecule has 5 aromatic carbocycles. The van der Waals surface area contributed by atoms with Crippen LogP contribution in [-0.4, -0.2) is 20.9 Å². The molecule has 0 fully saturated rings. The lowest BCUT2D eigenvalue weighted by molar-refractivity contribution is -0.432. The van der Waals surface area contributed by atoms with E-state index in [0.29, 0.717) is 67.0 Å². The van der Waals surface area contributed by atoms with E-state index in [1.165, 1.54) is 0 Å².